The Morgan fingerprint density at radius 3 is 2.60 bits per heavy atom. The van der Waals surface area contributed by atoms with Crippen molar-refractivity contribution in [3.63, 3.8) is 0 Å². The lowest BCUT2D eigenvalue weighted by molar-refractivity contribution is 0.632. The van der Waals surface area contributed by atoms with E-state index in [0.29, 0.717) is 23.1 Å². The van der Waals surface area contributed by atoms with Crippen molar-refractivity contribution in [1.82, 2.24) is 9.78 Å². The van der Waals surface area contributed by atoms with Crippen molar-refractivity contribution in [2.45, 2.75) is 6.54 Å². The van der Waals surface area contributed by atoms with Crippen LogP contribution < -0.4 is 10.6 Å². The molecule has 2 N–H and O–H groups in total. The van der Waals surface area contributed by atoms with Gasteiger partial charge in [0.05, 0.1) is 16.7 Å². The quantitative estimate of drug-likeness (QED) is 0.542. The number of rotatable bonds is 4. The van der Waals surface area contributed by atoms with E-state index in [1.165, 1.54) is 6.07 Å². The fraction of sp³-hybridized carbons (Fsp3) is 0.0588. The smallest absolute Gasteiger partial charge is 0.176 e. The number of benzene rings is 2. The Labute approximate surface area is 163 Å². The first-order valence-electron chi connectivity index (χ1n) is 7.31. The molecule has 0 fully saturated rings. The molecule has 2 aromatic carbocycles. The first kappa shape index (κ1) is 17.8. The molecule has 3 rings (SSSR count). The Bertz CT molecular complexity index is 898. The van der Waals surface area contributed by atoms with Gasteiger partial charge in [-0.15, -0.1) is 0 Å². The van der Waals surface area contributed by atoms with Crippen molar-refractivity contribution < 1.29 is 4.39 Å². The molecule has 1 heterocycles. The highest BCUT2D eigenvalue weighted by atomic mass is 79.9. The molecule has 0 aliphatic heterocycles. The van der Waals surface area contributed by atoms with Gasteiger partial charge in [-0.1, -0.05) is 35.9 Å². The molecule has 1 aromatic heterocycles. The van der Waals surface area contributed by atoms with Crippen LogP contribution >= 0.6 is 39.7 Å². The number of nitrogens with zero attached hydrogens (tertiary/aromatic N) is 2. The second kappa shape index (κ2) is 7.95. The van der Waals surface area contributed by atoms with Gasteiger partial charge in [-0.2, -0.15) is 5.10 Å². The van der Waals surface area contributed by atoms with Crippen LogP contribution in [0.25, 0.3) is 0 Å². The van der Waals surface area contributed by atoms with Gasteiger partial charge in [-0.3, -0.25) is 4.68 Å². The molecule has 128 valence electrons. The van der Waals surface area contributed by atoms with Gasteiger partial charge in [0.1, 0.15) is 5.82 Å². The molecular formula is C17H13BrClFN4S. The van der Waals surface area contributed by atoms with Crippen molar-refractivity contribution in [3.8, 4) is 0 Å². The van der Waals surface area contributed by atoms with E-state index in [4.69, 9.17) is 23.8 Å². The van der Waals surface area contributed by atoms with E-state index >= 15 is 0 Å². The van der Waals surface area contributed by atoms with Gasteiger partial charge in [-0.05, 0) is 58.0 Å². The van der Waals surface area contributed by atoms with E-state index in [1.807, 2.05) is 30.5 Å². The van der Waals surface area contributed by atoms with Crippen LogP contribution in [0.3, 0.4) is 0 Å². The average Bonchev–Trinajstić information content (AvgIpc) is 2.91. The van der Waals surface area contributed by atoms with E-state index in [0.717, 1.165) is 10.0 Å². The van der Waals surface area contributed by atoms with Crippen LogP contribution in [-0.2, 0) is 6.54 Å². The van der Waals surface area contributed by atoms with Gasteiger partial charge < -0.3 is 10.6 Å². The summed E-state index contributed by atoms with van der Waals surface area (Å²) in [5, 5.41) is 11.1. The van der Waals surface area contributed by atoms with Crippen LogP contribution in [0.2, 0.25) is 5.02 Å². The Balaban J connectivity index is 1.67. The number of hydrogen-bond donors (Lipinski definition) is 2. The van der Waals surface area contributed by atoms with Gasteiger partial charge in [0, 0.05) is 11.2 Å². The summed E-state index contributed by atoms with van der Waals surface area (Å²) in [5.41, 5.74) is 1.37. The number of thiocarbonyl (C=S) groups is 1. The molecule has 0 atom stereocenters. The highest BCUT2D eigenvalue weighted by Gasteiger charge is 2.10. The standard InChI is InChI=1S/C17H13BrClFN4S/c18-13-10-24(9-11-5-7-12(19)8-6-11)23-16(13)22-17(25)21-15-4-2-1-3-14(15)20/h1-8,10H,9H2,(H2,21,22,23,25). The van der Waals surface area contributed by atoms with Gasteiger partial charge in [-0.25, -0.2) is 4.39 Å². The van der Waals surface area contributed by atoms with E-state index in [2.05, 4.69) is 31.7 Å². The van der Waals surface area contributed by atoms with Gasteiger partial charge in [0.15, 0.2) is 10.9 Å². The van der Waals surface area contributed by atoms with Crippen molar-refractivity contribution in [1.29, 1.82) is 0 Å². The zero-order valence-electron chi connectivity index (χ0n) is 12.8. The van der Waals surface area contributed by atoms with E-state index in [-0.39, 0.29) is 10.9 Å². The predicted octanol–water partition coefficient (Wildman–Crippen LogP) is 5.30. The van der Waals surface area contributed by atoms with Crippen molar-refractivity contribution in [3.05, 3.63) is 75.6 Å². The zero-order chi connectivity index (χ0) is 17.8. The monoisotopic (exact) mass is 438 g/mol. The normalized spacial score (nSPS) is 10.5. The Morgan fingerprint density at radius 2 is 1.88 bits per heavy atom. The average molecular weight is 440 g/mol. The second-order valence-electron chi connectivity index (χ2n) is 5.21. The zero-order valence-corrected chi connectivity index (χ0v) is 16.0. The molecule has 0 unspecified atom stereocenters. The molecule has 0 bridgehead atoms. The Hall–Kier alpha value is -1.96. The summed E-state index contributed by atoms with van der Waals surface area (Å²) in [4.78, 5) is 0. The molecule has 0 saturated heterocycles. The second-order valence-corrected chi connectivity index (χ2v) is 6.91. The molecule has 8 heteroatoms. The minimum atomic E-state index is -0.376. The maximum absolute atomic E-state index is 13.7. The number of hydrogen-bond acceptors (Lipinski definition) is 2. The third-order valence-electron chi connectivity index (χ3n) is 3.33. The van der Waals surface area contributed by atoms with E-state index < -0.39 is 0 Å². The minimum Gasteiger partial charge on any atom is -0.330 e. The molecular weight excluding hydrogens is 427 g/mol. The third-order valence-corrected chi connectivity index (χ3v) is 4.37. The van der Waals surface area contributed by atoms with Crippen LogP contribution in [0, 0.1) is 5.82 Å². The summed E-state index contributed by atoms with van der Waals surface area (Å²) in [6.07, 6.45) is 1.84. The Morgan fingerprint density at radius 1 is 1.16 bits per heavy atom. The number of anilines is 2. The topological polar surface area (TPSA) is 41.9 Å². The van der Waals surface area contributed by atoms with Gasteiger partial charge >= 0.3 is 0 Å². The maximum Gasteiger partial charge on any atom is 0.176 e. The molecule has 0 amide bonds. The molecule has 25 heavy (non-hydrogen) atoms. The van der Waals surface area contributed by atoms with Crippen molar-refractivity contribution >= 4 is 56.4 Å². The number of aromatic nitrogens is 2. The van der Waals surface area contributed by atoms with E-state index in [1.54, 1.807) is 22.9 Å². The van der Waals surface area contributed by atoms with Crippen LogP contribution in [0.5, 0.6) is 0 Å². The largest absolute Gasteiger partial charge is 0.330 e. The lowest BCUT2D eigenvalue weighted by Crippen LogP contribution is -2.20. The first-order valence-corrected chi connectivity index (χ1v) is 8.89. The van der Waals surface area contributed by atoms with Gasteiger partial charge in [0.25, 0.3) is 0 Å². The SMILES string of the molecule is Fc1ccccc1NC(=S)Nc1nn(Cc2ccc(Cl)cc2)cc1Br. The highest BCUT2D eigenvalue weighted by Crippen LogP contribution is 2.22. The lowest BCUT2D eigenvalue weighted by Gasteiger charge is -2.09. The van der Waals surface area contributed by atoms with Crippen LogP contribution in [-0.4, -0.2) is 14.9 Å². The van der Waals surface area contributed by atoms with Crippen molar-refractivity contribution in [2.75, 3.05) is 10.6 Å². The number of para-hydroxylation sites is 1. The van der Waals surface area contributed by atoms with Crippen LogP contribution in [0.15, 0.2) is 59.2 Å². The third kappa shape index (κ3) is 4.78. The molecule has 0 aliphatic carbocycles. The Kier molecular flexibility index (Phi) is 5.67. The summed E-state index contributed by atoms with van der Waals surface area (Å²) in [6, 6.07) is 13.9. The molecule has 4 nitrogen and oxygen atoms in total. The van der Waals surface area contributed by atoms with Gasteiger partial charge in [0.2, 0.25) is 0 Å². The number of nitrogens with one attached hydrogen (secondary N) is 2. The van der Waals surface area contributed by atoms with Crippen LogP contribution in [0.4, 0.5) is 15.9 Å². The lowest BCUT2D eigenvalue weighted by atomic mass is 10.2. The molecule has 0 saturated carbocycles. The summed E-state index contributed by atoms with van der Waals surface area (Å²) in [7, 11) is 0. The number of halogens is 3. The molecule has 3 aromatic rings. The first-order chi connectivity index (χ1) is 12.0. The minimum absolute atomic E-state index is 0.252. The summed E-state index contributed by atoms with van der Waals surface area (Å²) >= 11 is 14.6. The maximum atomic E-state index is 13.7. The molecule has 0 aliphatic rings. The molecule has 0 spiro atoms. The fourth-order valence-corrected chi connectivity index (χ4v) is 2.91. The van der Waals surface area contributed by atoms with Crippen LogP contribution in [0.1, 0.15) is 5.56 Å². The van der Waals surface area contributed by atoms with E-state index in [9.17, 15) is 4.39 Å². The molecule has 0 radical (unpaired) electrons. The fourth-order valence-electron chi connectivity index (χ4n) is 2.16. The summed E-state index contributed by atoms with van der Waals surface area (Å²) in [6.45, 7) is 0.588. The summed E-state index contributed by atoms with van der Waals surface area (Å²) in [5.74, 6) is 0.168. The summed E-state index contributed by atoms with van der Waals surface area (Å²) < 4.78 is 16.2. The predicted molar refractivity (Wildman–Crippen MR) is 107 cm³/mol. The van der Waals surface area contributed by atoms with Crippen molar-refractivity contribution in [2.24, 2.45) is 0 Å². The highest BCUT2D eigenvalue weighted by molar-refractivity contribution is 9.10.